The van der Waals surface area contributed by atoms with Gasteiger partial charge in [-0.05, 0) is 38.0 Å². The zero-order valence-electron chi connectivity index (χ0n) is 14.1. The Labute approximate surface area is 155 Å². The highest BCUT2D eigenvalue weighted by molar-refractivity contribution is 14.0. The Morgan fingerprint density at radius 1 is 1.22 bits per heavy atom. The number of hydrogen-bond donors (Lipinski definition) is 2. The molecule has 0 saturated heterocycles. The molecule has 1 aromatic rings. The van der Waals surface area contributed by atoms with Crippen LogP contribution in [-0.4, -0.2) is 39.4 Å². The number of ether oxygens (including phenoxy) is 3. The molecule has 0 radical (unpaired) electrons. The van der Waals surface area contributed by atoms with Crippen LogP contribution in [0.1, 0.15) is 25.8 Å². The fourth-order valence-electron chi connectivity index (χ4n) is 1.85. The molecule has 0 spiro atoms. The van der Waals surface area contributed by atoms with Gasteiger partial charge in [-0.25, -0.2) is 4.99 Å². The van der Waals surface area contributed by atoms with E-state index in [0.717, 1.165) is 37.5 Å². The number of nitrogens with one attached hydrogen (secondary N) is 1. The van der Waals surface area contributed by atoms with E-state index in [4.69, 9.17) is 19.9 Å². The second-order valence-electron chi connectivity index (χ2n) is 4.60. The molecule has 0 aliphatic heterocycles. The Morgan fingerprint density at radius 2 is 2.00 bits per heavy atom. The summed E-state index contributed by atoms with van der Waals surface area (Å²) in [5.41, 5.74) is 6.84. The molecule has 23 heavy (non-hydrogen) atoms. The Bertz CT molecular complexity index is 470. The highest BCUT2D eigenvalue weighted by Crippen LogP contribution is 2.28. The number of halogens is 1. The fourth-order valence-corrected chi connectivity index (χ4v) is 1.85. The van der Waals surface area contributed by atoms with Gasteiger partial charge in [-0.3, -0.25) is 0 Å². The molecule has 0 bridgehead atoms. The first-order valence-electron chi connectivity index (χ1n) is 7.62. The first kappa shape index (κ1) is 21.8. The molecule has 0 fully saturated rings. The van der Waals surface area contributed by atoms with Crippen LogP contribution in [0.2, 0.25) is 0 Å². The maximum absolute atomic E-state index is 5.83. The van der Waals surface area contributed by atoms with Gasteiger partial charge in [0.15, 0.2) is 17.5 Å². The van der Waals surface area contributed by atoms with E-state index in [1.165, 1.54) is 0 Å². The molecule has 132 valence electrons. The second-order valence-corrected chi connectivity index (χ2v) is 4.60. The Balaban J connectivity index is 0.00000484. The molecular weight excluding hydrogens is 409 g/mol. The Kier molecular flexibility index (Phi) is 12.5. The second kappa shape index (κ2) is 13.2. The number of guanidine groups is 1. The van der Waals surface area contributed by atoms with Crippen LogP contribution >= 0.6 is 24.0 Å². The summed E-state index contributed by atoms with van der Waals surface area (Å²) >= 11 is 0. The van der Waals surface area contributed by atoms with E-state index in [0.29, 0.717) is 24.9 Å². The topological polar surface area (TPSA) is 78.1 Å². The highest BCUT2D eigenvalue weighted by Gasteiger charge is 2.05. The van der Waals surface area contributed by atoms with E-state index in [2.05, 4.69) is 10.3 Å². The number of hydrogen-bond acceptors (Lipinski definition) is 4. The van der Waals surface area contributed by atoms with E-state index in [9.17, 15) is 0 Å². The maximum Gasteiger partial charge on any atom is 0.188 e. The van der Waals surface area contributed by atoms with Crippen LogP contribution < -0.4 is 20.5 Å². The molecule has 0 atom stereocenters. The minimum atomic E-state index is 0. The summed E-state index contributed by atoms with van der Waals surface area (Å²) in [6, 6.07) is 5.76. The van der Waals surface area contributed by atoms with E-state index in [1.807, 2.05) is 32.0 Å². The van der Waals surface area contributed by atoms with Crippen molar-refractivity contribution in [3.8, 4) is 11.5 Å². The average molecular weight is 437 g/mol. The van der Waals surface area contributed by atoms with Gasteiger partial charge < -0.3 is 25.3 Å². The normalized spacial score (nSPS) is 10.8. The largest absolute Gasteiger partial charge is 0.493 e. The SMILES string of the molecule is CCOCCCNC(N)=NCc1ccc(OCC)c(OC)c1.I. The smallest absolute Gasteiger partial charge is 0.188 e. The molecule has 0 saturated carbocycles. The lowest BCUT2D eigenvalue weighted by Gasteiger charge is -2.10. The van der Waals surface area contributed by atoms with Gasteiger partial charge in [0.1, 0.15) is 0 Å². The van der Waals surface area contributed by atoms with Gasteiger partial charge in [0, 0.05) is 19.8 Å². The molecule has 0 heterocycles. The summed E-state index contributed by atoms with van der Waals surface area (Å²) in [5, 5.41) is 3.06. The summed E-state index contributed by atoms with van der Waals surface area (Å²) in [4.78, 5) is 4.31. The predicted molar refractivity (Wildman–Crippen MR) is 104 cm³/mol. The average Bonchev–Trinajstić information content (AvgIpc) is 2.54. The number of nitrogens with zero attached hydrogens (tertiary/aromatic N) is 1. The van der Waals surface area contributed by atoms with Gasteiger partial charge in [-0.15, -0.1) is 24.0 Å². The van der Waals surface area contributed by atoms with Crippen molar-refractivity contribution in [1.29, 1.82) is 0 Å². The molecule has 0 aromatic heterocycles. The van der Waals surface area contributed by atoms with Crippen molar-refractivity contribution in [3.63, 3.8) is 0 Å². The summed E-state index contributed by atoms with van der Waals surface area (Å²) in [7, 11) is 1.62. The quantitative estimate of drug-likeness (QED) is 0.255. The van der Waals surface area contributed by atoms with Crippen molar-refractivity contribution in [2.24, 2.45) is 10.7 Å². The third-order valence-electron chi connectivity index (χ3n) is 2.94. The van der Waals surface area contributed by atoms with Crippen LogP contribution in [0.25, 0.3) is 0 Å². The summed E-state index contributed by atoms with van der Waals surface area (Å²) in [6.07, 6.45) is 0.904. The van der Waals surface area contributed by atoms with Crippen molar-refractivity contribution in [2.75, 3.05) is 33.5 Å². The van der Waals surface area contributed by atoms with Crippen molar-refractivity contribution in [2.45, 2.75) is 26.8 Å². The third kappa shape index (κ3) is 8.85. The van der Waals surface area contributed by atoms with Crippen LogP contribution in [-0.2, 0) is 11.3 Å². The summed E-state index contributed by atoms with van der Waals surface area (Å²) in [6.45, 7) is 7.24. The molecule has 0 aliphatic carbocycles. The van der Waals surface area contributed by atoms with Crippen LogP contribution in [0.5, 0.6) is 11.5 Å². The minimum absolute atomic E-state index is 0. The van der Waals surface area contributed by atoms with E-state index in [1.54, 1.807) is 7.11 Å². The van der Waals surface area contributed by atoms with Crippen LogP contribution in [0.4, 0.5) is 0 Å². The molecule has 1 rings (SSSR count). The van der Waals surface area contributed by atoms with Crippen molar-refractivity contribution in [3.05, 3.63) is 23.8 Å². The Morgan fingerprint density at radius 3 is 2.65 bits per heavy atom. The zero-order chi connectivity index (χ0) is 16.2. The number of methoxy groups -OCH3 is 1. The van der Waals surface area contributed by atoms with Gasteiger partial charge in [0.05, 0.1) is 20.3 Å². The first-order chi connectivity index (χ1) is 10.7. The number of aliphatic imine (C=N–C) groups is 1. The Hall–Kier alpha value is -1.22. The van der Waals surface area contributed by atoms with Gasteiger partial charge in [-0.1, -0.05) is 6.07 Å². The van der Waals surface area contributed by atoms with Gasteiger partial charge >= 0.3 is 0 Å². The van der Waals surface area contributed by atoms with Crippen molar-refractivity contribution in [1.82, 2.24) is 5.32 Å². The summed E-state index contributed by atoms with van der Waals surface area (Å²) in [5.74, 6) is 1.88. The molecule has 0 unspecified atom stereocenters. The van der Waals surface area contributed by atoms with Crippen LogP contribution in [0.15, 0.2) is 23.2 Å². The van der Waals surface area contributed by atoms with Crippen molar-refractivity contribution >= 4 is 29.9 Å². The van der Waals surface area contributed by atoms with Crippen LogP contribution in [0.3, 0.4) is 0 Å². The lowest BCUT2D eigenvalue weighted by Crippen LogP contribution is -2.32. The van der Waals surface area contributed by atoms with E-state index in [-0.39, 0.29) is 24.0 Å². The molecule has 6 nitrogen and oxygen atoms in total. The van der Waals surface area contributed by atoms with E-state index < -0.39 is 0 Å². The molecule has 0 aliphatic rings. The summed E-state index contributed by atoms with van der Waals surface area (Å²) < 4.78 is 16.1. The monoisotopic (exact) mass is 437 g/mol. The number of benzene rings is 1. The van der Waals surface area contributed by atoms with Crippen LogP contribution in [0, 0.1) is 0 Å². The van der Waals surface area contributed by atoms with Gasteiger partial charge in [-0.2, -0.15) is 0 Å². The van der Waals surface area contributed by atoms with Gasteiger partial charge in [0.25, 0.3) is 0 Å². The first-order valence-corrected chi connectivity index (χ1v) is 7.62. The predicted octanol–water partition coefficient (Wildman–Crippen LogP) is 2.54. The zero-order valence-corrected chi connectivity index (χ0v) is 16.5. The fraction of sp³-hybridized carbons (Fsp3) is 0.562. The lowest BCUT2D eigenvalue weighted by molar-refractivity contribution is 0.145. The molecule has 0 amide bonds. The lowest BCUT2D eigenvalue weighted by atomic mass is 10.2. The van der Waals surface area contributed by atoms with E-state index >= 15 is 0 Å². The molecular formula is C16H28IN3O3. The number of rotatable bonds is 10. The third-order valence-corrected chi connectivity index (χ3v) is 2.94. The highest BCUT2D eigenvalue weighted by atomic mass is 127. The maximum atomic E-state index is 5.83. The molecule has 3 N–H and O–H groups in total. The standard InChI is InChI=1S/C16H27N3O3.HI/c1-4-21-10-6-9-18-16(17)19-12-13-7-8-14(22-5-2)15(11-13)20-3;/h7-8,11H,4-6,9-10,12H2,1-3H3,(H3,17,18,19);1H. The minimum Gasteiger partial charge on any atom is -0.493 e. The molecule has 1 aromatic carbocycles. The number of nitrogens with two attached hydrogens (primary N) is 1. The molecule has 7 heteroatoms. The van der Waals surface area contributed by atoms with Crippen molar-refractivity contribution < 1.29 is 14.2 Å². The van der Waals surface area contributed by atoms with Gasteiger partial charge in [0.2, 0.25) is 0 Å².